The van der Waals surface area contributed by atoms with Crippen LogP contribution in [0.3, 0.4) is 0 Å². The van der Waals surface area contributed by atoms with E-state index in [1.807, 2.05) is 30.3 Å². The first kappa shape index (κ1) is 10.4. The highest BCUT2D eigenvalue weighted by Crippen LogP contribution is 2.00. The van der Waals surface area contributed by atoms with Crippen molar-refractivity contribution in [1.29, 1.82) is 0 Å². The zero-order valence-electron chi connectivity index (χ0n) is 8.45. The van der Waals surface area contributed by atoms with Crippen LogP contribution < -0.4 is 5.32 Å². The van der Waals surface area contributed by atoms with Crippen molar-refractivity contribution in [1.82, 2.24) is 5.32 Å². The minimum absolute atomic E-state index is 0.114. The Labute approximate surface area is 83.9 Å². The summed E-state index contributed by atoms with van der Waals surface area (Å²) in [5.74, 6) is -0.114. The summed E-state index contributed by atoms with van der Waals surface area (Å²) in [5, 5.41) is 2.57. The molecule has 0 bridgehead atoms. The fourth-order valence-corrected chi connectivity index (χ4v) is 1.19. The first-order valence-electron chi connectivity index (χ1n) is 4.49. The lowest BCUT2D eigenvalue weighted by molar-refractivity contribution is -0.114. The van der Waals surface area contributed by atoms with Gasteiger partial charge in [-0.3, -0.25) is 9.79 Å². The second-order valence-corrected chi connectivity index (χ2v) is 2.91. The Balaban J connectivity index is 2.73. The van der Waals surface area contributed by atoms with Crippen molar-refractivity contribution in [3.8, 4) is 0 Å². The molecule has 1 aromatic rings. The van der Waals surface area contributed by atoms with Gasteiger partial charge in [-0.15, -0.1) is 0 Å². The number of benzene rings is 1. The number of amides is 1. The summed E-state index contributed by atoms with van der Waals surface area (Å²) < 4.78 is 0. The molecular weight excluding hydrogens is 176 g/mol. The third-order valence-electron chi connectivity index (χ3n) is 1.97. The average Bonchev–Trinajstić information content (AvgIpc) is 2.26. The molecule has 0 aliphatic heterocycles. The number of carbonyl (C=O) groups is 1. The van der Waals surface area contributed by atoms with Crippen molar-refractivity contribution >= 4 is 11.6 Å². The van der Waals surface area contributed by atoms with Crippen LogP contribution in [0.25, 0.3) is 0 Å². The van der Waals surface area contributed by atoms with E-state index in [-0.39, 0.29) is 5.91 Å². The highest BCUT2D eigenvalue weighted by Gasteiger charge is 2.08. The highest BCUT2D eigenvalue weighted by atomic mass is 16.1. The lowest BCUT2D eigenvalue weighted by Crippen LogP contribution is -2.29. The zero-order valence-corrected chi connectivity index (χ0v) is 8.45. The predicted octanol–water partition coefficient (Wildman–Crippen LogP) is 1.05. The summed E-state index contributed by atoms with van der Waals surface area (Å²) in [6, 6.07) is 9.81. The predicted molar refractivity (Wildman–Crippen MR) is 57.6 cm³/mol. The monoisotopic (exact) mass is 190 g/mol. The third-order valence-corrected chi connectivity index (χ3v) is 1.97. The van der Waals surface area contributed by atoms with E-state index in [1.54, 1.807) is 14.1 Å². The SMILES string of the molecule is CN=C(Cc1ccccc1)C(=O)NC. The number of nitrogens with zero attached hydrogens (tertiary/aromatic N) is 1. The topological polar surface area (TPSA) is 41.5 Å². The molecule has 14 heavy (non-hydrogen) atoms. The van der Waals surface area contributed by atoms with E-state index >= 15 is 0 Å². The zero-order chi connectivity index (χ0) is 10.4. The van der Waals surface area contributed by atoms with Crippen molar-refractivity contribution in [2.75, 3.05) is 14.1 Å². The fraction of sp³-hybridized carbons (Fsp3) is 0.273. The molecule has 0 aliphatic rings. The second-order valence-electron chi connectivity index (χ2n) is 2.91. The Hall–Kier alpha value is -1.64. The van der Waals surface area contributed by atoms with Gasteiger partial charge in [-0.05, 0) is 5.56 Å². The maximum atomic E-state index is 11.3. The Bertz CT molecular complexity index is 330. The molecule has 1 rings (SSSR count). The van der Waals surface area contributed by atoms with E-state index in [2.05, 4.69) is 10.3 Å². The molecule has 0 atom stereocenters. The Morgan fingerprint density at radius 2 is 2.00 bits per heavy atom. The van der Waals surface area contributed by atoms with Crippen LogP contribution >= 0.6 is 0 Å². The molecule has 0 spiro atoms. The molecule has 3 heteroatoms. The Kier molecular flexibility index (Phi) is 3.85. The average molecular weight is 190 g/mol. The molecule has 1 amide bonds. The minimum Gasteiger partial charge on any atom is -0.354 e. The molecule has 0 heterocycles. The van der Waals surface area contributed by atoms with Gasteiger partial charge in [-0.25, -0.2) is 0 Å². The van der Waals surface area contributed by atoms with Crippen LogP contribution in [-0.4, -0.2) is 25.7 Å². The molecule has 1 N–H and O–H groups in total. The molecule has 0 radical (unpaired) electrons. The highest BCUT2D eigenvalue weighted by molar-refractivity contribution is 6.39. The molecule has 0 unspecified atom stereocenters. The lowest BCUT2D eigenvalue weighted by atomic mass is 10.1. The summed E-state index contributed by atoms with van der Waals surface area (Å²) in [6.45, 7) is 0. The first-order chi connectivity index (χ1) is 6.77. The third kappa shape index (κ3) is 2.69. The van der Waals surface area contributed by atoms with Crippen molar-refractivity contribution in [2.24, 2.45) is 4.99 Å². The number of hydrogen-bond acceptors (Lipinski definition) is 2. The molecule has 3 nitrogen and oxygen atoms in total. The van der Waals surface area contributed by atoms with Crippen LogP contribution in [0.15, 0.2) is 35.3 Å². The Morgan fingerprint density at radius 3 is 2.50 bits per heavy atom. The van der Waals surface area contributed by atoms with Gasteiger partial charge in [0.2, 0.25) is 0 Å². The van der Waals surface area contributed by atoms with Crippen LogP contribution in [0, 0.1) is 0 Å². The maximum Gasteiger partial charge on any atom is 0.265 e. The quantitative estimate of drug-likeness (QED) is 0.711. The molecule has 0 aromatic heterocycles. The van der Waals surface area contributed by atoms with E-state index in [0.29, 0.717) is 12.1 Å². The van der Waals surface area contributed by atoms with Gasteiger partial charge in [0.15, 0.2) is 0 Å². The normalized spacial score (nSPS) is 11.1. The van der Waals surface area contributed by atoms with E-state index in [9.17, 15) is 4.79 Å². The molecular formula is C11H14N2O. The van der Waals surface area contributed by atoms with Crippen molar-refractivity contribution in [3.63, 3.8) is 0 Å². The lowest BCUT2D eigenvalue weighted by Gasteiger charge is -2.03. The van der Waals surface area contributed by atoms with Crippen LogP contribution in [0.5, 0.6) is 0 Å². The minimum atomic E-state index is -0.114. The van der Waals surface area contributed by atoms with Gasteiger partial charge in [0, 0.05) is 20.5 Å². The summed E-state index contributed by atoms with van der Waals surface area (Å²) in [6.07, 6.45) is 0.580. The number of carbonyl (C=O) groups excluding carboxylic acids is 1. The molecule has 1 aromatic carbocycles. The summed E-state index contributed by atoms with van der Waals surface area (Å²) in [7, 11) is 3.24. The molecule has 0 saturated carbocycles. The van der Waals surface area contributed by atoms with Gasteiger partial charge in [-0.1, -0.05) is 30.3 Å². The standard InChI is InChI=1S/C11H14N2O/c1-12-10(11(14)13-2)8-9-6-4-3-5-7-9/h3-7H,8H2,1-2H3,(H,13,14). The van der Waals surface area contributed by atoms with Crippen LogP contribution in [0.2, 0.25) is 0 Å². The number of nitrogens with one attached hydrogen (secondary N) is 1. The van der Waals surface area contributed by atoms with Gasteiger partial charge in [0.25, 0.3) is 5.91 Å². The molecule has 0 aliphatic carbocycles. The first-order valence-corrected chi connectivity index (χ1v) is 4.49. The molecule has 0 saturated heterocycles. The van der Waals surface area contributed by atoms with E-state index in [1.165, 1.54) is 0 Å². The van der Waals surface area contributed by atoms with Crippen molar-refractivity contribution in [3.05, 3.63) is 35.9 Å². The number of rotatable bonds is 3. The van der Waals surface area contributed by atoms with Crippen LogP contribution in [0.4, 0.5) is 0 Å². The van der Waals surface area contributed by atoms with Crippen molar-refractivity contribution in [2.45, 2.75) is 6.42 Å². The summed E-state index contributed by atoms with van der Waals surface area (Å²) in [4.78, 5) is 15.3. The van der Waals surface area contributed by atoms with Gasteiger partial charge in [0.05, 0.1) is 0 Å². The van der Waals surface area contributed by atoms with Gasteiger partial charge < -0.3 is 5.32 Å². The summed E-state index contributed by atoms with van der Waals surface area (Å²) >= 11 is 0. The van der Waals surface area contributed by atoms with Crippen LogP contribution in [-0.2, 0) is 11.2 Å². The van der Waals surface area contributed by atoms with Gasteiger partial charge in [-0.2, -0.15) is 0 Å². The van der Waals surface area contributed by atoms with Crippen LogP contribution in [0.1, 0.15) is 5.56 Å². The van der Waals surface area contributed by atoms with E-state index in [4.69, 9.17) is 0 Å². The van der Waals surface area contributed by atoms with Gasteiger partial charge >= 0.3 is 0 Å². The van der Waals surface area contributed by atoms with Crippen molar-refractivity contribution < 1.29 is 4.79 Å². The molecule has 0 fully saturated rings. The largest absolute Gasteiger partial charge is 0.354 e. The van der Waals surface area contributed by atoms with E-state index < -0.39 is 0 Å². The second kappa shape index (κ2) is 5.17. The van der Waals surface area contributed by atoms with Gasteiger partial charge in [0.1, 0.15) is 5.71 Å². The number of aliphatic imine (C=N–C) groups is 1. The smallest absolute Gasteiger partial charge is 0.265 e. The molecule has 74 valence electrons. The summed E-state index contributed by atoms with van der Waals surface area (Å²) in [5.41, 5.74) is 1.65. The number of hydrogen-bond donors (Lipinski definition) is 1. The fourth-order valence-electron chi connectivity index (χ4n) is 1.19. The van der Waals surface area contributed by atoms with E-state index in [0.717, 1.165) is 5.56 Å². The Morgan fingerprint density at radius 1 is 1.36 bits per heavy atom. The maximum absolute atomic E-state index is 11.3.